The molecule has 1 unspecified atom stereocenters. The number of aryl methyl sites for hydroxylation is 1. The predicted octanol–water partition coefficient (Wildman–Crippen LogP) is 3.47. The highest BCUT2D eigenvalue weighted by Gasteiger charge is 2.43. The van der Waals surface area contributed by atoms with Gasteiger partial charge in [-0.15, -0.1) is 0 Å². The molecular formula is C24H29N5O. The maximum absolute atomic E-state index is 5.25. The monoisotopic (exact) mass is 403 g/mol. The van der Waals surface area contributed by atoms with E-state index in [1.165, 1.54) is 30.5 Å². The van der Waals surface area contributed by atoms with E-state index in [2.05, 4.69) is 56.1 Å². The molecule has 1 spiro atoms. The van der Waals surface area contributed by atoms with Crippen molar-refractivity contribution in [3.63, 3.8) is 0 Å². The Hall–Kier alpha value is -2.57. The Morgan fingerprint density at radius 1 is 1.13 bits per heavy atom. The smallest absolute Gasteiger partial charge is 0.159 e. The molecule has 6 heteroatoms. The molecule has 0 amide bonds. The Kier molecular flexibility index (Phi) is 5.35. The number of imidazole rings is 1. The fourth-order valence-corrected chi connectivity index (χ4v) is 5.11. The number of fused-ring (bicyclic) bond motifs is 2. The SMILES string of the molecule is COCCn1ccnc1CN1CCCC2(CCc3cnc(-c4ccccc4)nc32)C1. The van der Waals surface area contributed by atoms with E-state index >= 15 is 0 Å². The average molecular weight is 404 g/mol. The molecule has 1 fully saturated rings. The van der Waals surface area contributed by atoms with Crippen molar-refractivity contribution >= 4 is 0 Å². The molecule has 0 saturated carbocycles. The van der Waals surface area contributed by atoms with Crippen molar-refractivity contribution in [2.75, 3.05) is 26.8 Å². The fourth-order valence-electron chi connectivity index (χ4n) is 5.11. The zero-order valence-corrected chi connectivity index (χ0v) is 17.6. The van der Waals surface area contributed by atoms with Gasteiger partial charge in [-0.1, -0.05) is 30.3 Å². The number of aromatic nitrogens is 4. The first-order chi connectivity index (χ1) is 14.8. The van der Waals surface area contributed by atoms with Crippen LogP contribution in [0.1, 0.15) is 36.3 Å². The van der Waals surface area contributed by atoms with Crippen molar-refractivity contribution < 1.29 is 4.74 Å². The number of rotatable bonds is 6. The van der Waals surface area contributed by atoms with Crippen molar-refractivity contribution in [2.24, 2.45) is 0 Å². The van der Waals surface area contributed by atoms with Gasteiger partial charge in [-0.3, -0.25) is 4.90 Å². The van der Waals surface area contributed by atoms with E-state index in [1.807, 2.05) is 12.3 Å². The third kappa shape index (κ3) is 3.66. The second kappa shape index (κ2) is 8.28. The third-order valence-corrected chi connectivity index (χ3v) is 6.63. The van der Waals surface area contributed by atoms with Crippen LogP contribution in [0.25, 0.3) is 11.4 Å². The number of benzene rings is 1. The molecule has 3 heterocycles. The quantitative estimate of drug-likeness (QED) is 0.631. The van der Waals surface area contributed by atoms with Gasteiger partial charge in [0.25, 0.3) is 0 Å². The van der Waals surface area contributed by atoms with Crippen molar-refractivity contribution in [2.45, 2.75) is 44.2 Å². The number of likely N-dealkylation sites (tertiary alicyclic amines) is 1. The summed E-state index contributed by atoms with van der Waals surface area (Å²) < 4.78 is 7.46. The molecule has 2 aromatic heterocycles. The number of ether oxygens (including phenoxy) is 1. The van der Waals surface area contributed by atoms with Crippen LogP contribution < -0.4 is 0 Å². The first-order valence-electron chi connectivity index (χ1n) is 10.9. The molecule has 1 aliphatic heterocycles. The minimum absolute atomic E-state index is 0.143. The largest absolute Gasteiger partial charge is 0.383 e. The third-order valence-electron chi connectivity index (χ3n) is 6.63. The number of hydrogen-bond acceptors (Lipinski definition) is 5. The van der Waals surface area contributed by atoms with E-state index in [0.29, 0.717) is 6.61 Å². The lowest BCUT2D eigenvalue weighted by Gasteiger charge is -2.40. The summed E-state index contributed by atoms with van der Waals surface area (Å²) in [5.41, 5.74) is 3.85. The molecule has 5 rings (SSSR count). The van der Waals surface area contributed by atoms with Gasteiger partial charge in [0.1, 0.15) is 5.82 Å². The topological polar surface area (TPSA) is 56.1 Å². The molecule has 0 radical (unpaired) electrons. The maximum atomic E-state index is 5.25. The summed E-state index contributed by atoms with van der Waals surface area (Å²) >= 11 is 0. The molecule has 1 saturated heterocycles. The standard InChI is InChI=1S/C24H29N5O/c1-30-15-14-29-13-11-25-21(29)17-28-12-5-9-24(18-28)10-8-20-16-26-23(27-22(20)24)19-6-3-2-4-7-19/h2-4,6-7,11,13,16H,5,8-10,12,14-15,17-18H2,1H3. The van der Waals surface area contributed by atoms with Crippen LogP contribution in [-0.4, -0.2) is 51.2 Å². The van der Waals surface area contributed by atoms with Gasteiger partial charge in [-0.05, 0) is 37.8 Å². The Balaban J connectivity index is 1.38. The Bertz CT molecular complexity index is 998. The Morgan fingerprint density at radius 2 is 2.03 bits per heavy atom. The van der Waals surface area contributed by atoms with E-state index in [0.717, 1.165) is 49.8 Å². The second-order valence-corrected chi connectivity index (χ2v) is 8.56. The predicted molar refractivity (Wildman–Crippen MR) is 116 cm³/mol. The summed E-state index contributed by atoms with van der Waals surface area (Å²) in [6.07, 6.45) is 10.7. The van der Waals surface area contributed by atoms with Crippen molar-refractivity contribution in [3.8, 4) is 11.4 Å². The Labute approximate surface area is 177 Å². The summed E-state index contributed by atoms with van der Waals surface area (Å²) in [7, 11) is 1.74. The van der Waals surface area contributed by atoms with Crippen LogP contribution in [0, 0.1) is 0 Å². The lowest BCUT2D eigenvalue weighted by Crippen LogP contribution is -2.45. The number of nitrogens with zero attached hydrogens (tertiary/aromatic N) is 5. The number of methoxy groups -OCH3 is 1. The lowest BCUT2D eigenvalue weighted by atomic mass is 9.77. The molecule has 3 aromatic rings. The summed E-state index contributed by atoms with van der Waals surface area (Å²) in [4.78, 5) is 17.0. The zero-order valence-electron chi connectivity index (χ0n) is 17.6. The molecule has 1 aromatic carbocycles. The number of piperidine rings is 1. The summed E-state index contributed by atoms with van der Waals surface area (Å²) in [6.45, 7) is 4.60. The van der Waals surface area contributed by atoms with Gasteiger partial charge in [-0.2, -0.15) is 0 Å². The highest BCUT2D eigenvalue weighted by Crippen LogP contribution is 2.44. The van der Waals surface area contributed by atoms with Gasteiger partial charge in [0, 0.05) is 49.8 Å². The van der Waals surface area contributed by atoms with Gasteiger partial charge >= 0.3 is 0 Å². The van der Waals surface area contributed by atoms with Crippen LogP contribution in [0.2, 0.25) is 0 Å². The minimum atomic E-state index is 0.143. The second-order valence-electron chi connectivity index (χ2n) is 8.56. The van der Waals surface area contributed by atoms with Gasteiger partial charge in [0.15, 0.2) is 5.82 Å². The molecule has 0 N–H and O–H groups in total. The van der Waals surface area contributed by atoms with Crippen LogP contribution >= 0.6 is 0 Å². The van der Waals surface area contributed by atoms with E-state index in [1.54, 1.807) is 7.11 Å². The summed E-state index contributed by atoms with van der Waals surface area (Å²) in [6, 6.07) is 10.3. The summed E-state index contributed by atoms with van der Waals surface area (Å²) in [5, 5.41) is 0. The highest BCUT2D eigenvalue weighted by atomic mass is 16.5. The van der Waals surface area contributed by atoms with Gasteiger partial charge in [0.05, 0.1) is 18.8 Å². The van der Waals surface area contributed by atoms with Crippen molar-refractivity contribution in [1.82, 2.24) is 24.4 Å². The highest BCUT2D eigenvalue weighted by molar-refractivity contribution is 5.55. The maximum Gasteiger partial charge on any atom is 0.159 e. The van der Waals surface area contributed by atoms with E-state index in [9.17, 15) is 0 Å². The van der Waals surface area contributed by atoms with Gasteiger partial charge < -0.3 is 9.30 Å². The normalized spacial score (nSPS) is 21.2. The van der Waals surface area contributed by atoms with Gasteiger partial charge in [0.2, 0.25) is 0 Å². The molecular weight excluding hydrogens is 374 g/mol. The zero-order chi connectivity index (χ0) is 20.4. The molecule has 6 nitrogen and oxygen atoms in total. The summed E-state index contributed by atoms with van der Waals surface area (Å²) in [5.74, 6) is 1.97. The molecule has 2 aliphatic rings. The first kappa shape index (κ1) is 19.4. The molecule has 1 atom stereocenters. The lowest BCUT2D eigenvalue weighted by molar-refractivity contribution is 0.131. The molecule has 1 aliphatic carbocycles. The number of hydrogen-bond donors (Lipinski definition) is 0. The van der Waals surface area contributed by atoms with Crippen LogP contribution in [-0.2, 0) is 29.7 Å². The molecule has 0 bridgehead atoms. The van der Waals surface area contributed by atoms with E-state index in [-0.39, 0.29) is 5.41 Å². The van der Waals surface area contributed by atoms with Gasteiger partial charge in [-0.25, -0.2) is 15.0 Å². The van der Waals surface area contributed by atoms with E-state index in [4.69, 9.17) is 9.72 Å². The molecule has 30 heavy (non-hydrogen) atoms. The Morgan fingerprint density at radius 3 is 2.90 bits per heavy atom. The van der Waals surface area contributed by atoms with E-state index < -0.39 is 0 Å². The average Bonchev–Trinajstić information content (AvgIpc) is 3.37. The van der Waals surface area contributed by atoms with Crippen molar-refractivity contribution in [3.05, 3.63) is 66.0 Å². The van der Waals surface area contributed by atoms with Crippen molar-refractivity contribution in [1.29, 1.82) is 0 Å². The van der Waals surface area contributed by atoms with Crippen LogP contribution in [0.4, 0.5) is 0 Å². The fraction of sp³-hybridized carbons (Fsp3) is 0.458. The van der Waals surface area contributed by atoms with Crippen LogP contribution in [0.5, 0.6) is 0 Å². The molecule has 156 valence electrons. The van der Waals surface area contributed by atoms with Crippen LogP contribution in [0.3, 0.4) is 0 Å². The first-order valence-corrected chi connectivity index (χ1v) is 10.9. The minimum Gasteiger partial charge on any atom is -0.383 e. The van der Waals surface area contributed by atoms with Crippen LogP contribution in [0.15, 0.2) is 48.9 Å².